The van der Waals surface area contributed by atoms with Gasteiger partial charge in [-0.2, -0.15) is 0 Å². The molecule has 34 heavy (non-hydrogen) atoms. The number of nitrogens with zero attached hydrogens (tertiary/aromatic N) is 1. The molecule has 2 aliphatic rings. The minimum absolute atomic E-state index is 0.0185. The van der Waals surface area contributed by atoms with Crippen molar-refractivity contribution in [2.24, 2.45) is 22.6 Å². The maximum atomic E-state index is 13.5. The number of rotatable bonds is 8. The Balaban J connectivity index is 1.69. The number of nitrogens with two attached hydrogens (primary N) is 1. The van der Waals surface area contributed by atoms with Crippen molar-refractivity contribution >= 4 is 40.7 Å². The fraction of sp³-hybridized carbons (Fsp3) is 0.545. The molecule has 1 heterocycles. The van der Waals surface area contributed by atoms with Crippen molar-refractivity contribution in [1.82, 2.24) is 10.6 Å². The van der Waals surface area contributed by atoms with Crippen LogP contribution in [0.3, 0.4) is 0 Å². The Hall–Kier alpha value is -2.63. The summed E-state index contributed by atoms with van der Waals surface area (Å²) in [6.07, 6.45) is 1.62. The molecule has 0 aromatic heterocycles. The fourth-order valence-corrected chi connectivity index (χ4v) is 4.87. The minimum atomic E-state index is -1.44. The van der Waals surface area contributed by atoms with Gasteiger partial charge < -0.3 is 21.1 Å². The Bertz CT molecular complexity index is 1000. The van der Waals surface area contributed by atoms with E-state index in [1.54, 1.807) is 6.92 Å². The highest BCUT2D eigenvalue weighted by molar-refractivity contribution is 6.47. The van der Waals surface area contributed by atoms with E-state index >= 15 is 0 Å². The number of hydrogen-bond donors (Lipinski definition) is 4. The molecule has 1 aliphatic carbocycles. The molecule has 2 unspecified atom stereocenters. The zero-order valence-corrected chi connectivity index (χ0v) is 19.7. The zero-order valence-electron chi connectivity index (χ0n) is 18.9. The lowest BCUT2D eigenvalue weighted by Crippen LogP contribution is -2.66. The second kappa shape index (κ2) is 10.7. The Morgan fingerprint density at radius 2 is 1.91 bits per heavy atom. The second-order valence-electron chi connectivity index (χ2n) is 8.63. The Kier molecular flexibility index (Phi) is 8.21. The van der Waals surface area contributed by atoms with E-state index in [1.165, 1.54) is 7.11 Å². The molecule has 5 N–H and O–H groups in total. The van der Waals surface area contributed by atoms with Crippen LogP contribution in [0.5, 0.6) is 0 Å². The van der Waals surface area contributed by atoms with E-state index in [2.05, 4.69) is 20.9 Å². The predicted molar refractivity (Wildman–Crippen MR) is 122 cm³/mol. The monoisotopic (exact) mass is 499 g/mol. The Morgan fingerprint density at radius 3 is 2.53 bits per heavy atom. The lowest BCUT2D eigenvalue weighted by Gasteiger charge is -2.39. The van der Waals surface area contributed by atoms with Gasteiger partial charge in [0.1, 0.15) is 11.3 Å². The van der Waals surface area contributed by atoms with Crippen LogP contribution in [0.1, 0.15) is 32.6 Å². The maximum absolute atomic E-state index is 13.5. The lowest BCUT2D eigenvalue weighted by atomic mass is 9.69. The summed E-state index contributed by atoms with van der Waals surface area (Å²) in [5, 5.41) is 8.20. The van der Waals surface area contributed by atoms with Crippen molar-refractivity contribution in [1.29, 1.82) is 0 Å². The first-order valence-electron chi connectivity index (χ1n) is 10.9. The van der Waals surface area contributed by atoms with E-state index in [9.17, 15) is 23.2 Å². The largest absolute Gasteiger partial charge is 0.383 e. The summed E-state index contributed by atoms with van der Waals surface area (Å²) in [5.41, 5.74) is 4.34. The molecule has 9 nitrogen and oxygen atoms in total. The average Bonchev–Trinajstić information content (AvgIpc) is 3.24. The van der Waals surface area contributed by atoms with E-state index in [1.807, 2.05) is 0 Å². The maximum Gasteiger partial charge on any atom is 0.268 e. The second-order valence-corrected chi connectivity index (χ2v) is 9.03. The van der Waals surface area contributed by atoms with Gasteiger partial charge in [0.15, 0.2) is 11.6 Å². The van der Waals surface area contributed by atoms with Gasteiger partial charge in [-0.15, -0.1) is 0 Å². The van der Waals surface area contributed by atoms with Gasteiger partial charge in [0.25, 0.3) is 5.91 Å². The third-order valence-corrected chi connectivity index (χ3v) is 6.66. The number of carbonyl (C=O) groups excluding carboxylic acids is 3. The van der Waals surface area contributed by atoms with Crippen LogP contribution in [0.15, 0.2) is 17.1 Å². The molecule has 0 radical (unpaired) electrons. The van der Waals surface area contributed by atoms with Crippen LogP contribution < -0.4 is 21.7 Å². The van der Waals surface area contributed by atoms with E-state index in [0.29, 0.717) is 25.7 Å². The topological polar surface area (TPSA) is 135 Å². The molecule has 1 fully saturated rings. The summed E-state index contributed by atoms with van der Waals surface area (Å²) < 4.78 is 31.8. The first kappa shape index (κ1) is 26.0. The first-order chi connectivity index (χ1) is 16.1. The number of nitrogens with one attached hydrogen (secondary N) is 3. The summed E-state index contributed by atoms with van der Waals surface area (Å²) in [7, 11) is 1.51. The van der Waals surface area contributed by atoms with E-state index in [-0.39, 0.29) is 47.6 Å². The number of methoxy groups -OCH3 is 1. The van der Waals surface area contributed by atoms with E-state index in [4.69, 9.17) is 22.1 Å². The standard InChI is InChI=1S/C22H28ClF2N5O4/c1-11(9-34-2)29-20(32)18-22(21(26)33,28-10-27-18)13-5-3-12(4-6-13)19(31)30-17-8-16(25)15(24)7-14(17)23/h7-8,11-13,28H,3-6,9-10H2,1-2H3,(H2,26,33)(H,29,32)(H,30,31). The van der Waals surface area contributed by atoms with Crippen LogP contribution in [0.2, 0.25) is 5.02 Å². The van der Waals surface area contributed by atoms with Crippen molar-refractivity contribution < 1.29 is 27.9 Å². The third-order valence-electron chi connectivity index (χ3n) is 6.34. The summed E-state index contributed by atoms with van der Waals surface area (Å²) in [4.78, 5) is 42.4. The van der Waals surface area contributed by atoms with Gasteiger partial charge in [-0.05, 0) is 44.6 Å². The Morgan fingerprint density at radius 1 is 1.26 bits per heavy atom. The van der Waals surface area contributed by atoms with Crippen molar-refractivity contribution in [3.63, 3.8) is 0 Å². The highest BCUT2D eigenvalue weighted by Gasteiger charge is 2.54. The molecule has 186 valence electrons. The molecule has 3 amide bonds. The first-order valence-corrected chi connectivity index (χ1v) is 11.3. The van der Waals surface area contributed by atoms with Gasteiger partial charge in [0.05, 0.1) is 24.0 Å². The quantitative estimate of drug-likeness (QED) is 0.404. The van der Waals surface area contributed by atoms with Gasteiger partial charge in [-0.25, -0.2) is 8.78 Å². The number of aliphatic imine (C=N–C) groups is 1. The predicted octanol–water partition coefficient (Wildman–Crippen LogP) is 1.74. The van der Waals surface area contributed by atoms with Crippen molar-refractivity contribution in [3.05, 3.63) is 28.8 Å². The van der Waals surface area contributed by atoms with Crippen LogP contribution >= 0.6 is 11.6 Å². The van der Waals surface area contributed by atoms with Crippen molar-refractivity contribution in [3.8, 4) is 0 Å². The van der Waals surface area contributed by atoms with E-state index in [0.717, 1.165) is 12.1 Å². The van der Waals surface area contributed by atoms with Crippen molar-refractivity contribution in [2.75, 3.05) is 25.7 Å². The zero-order chi connectivity index (χ0) is 25.0. The number of hydrogen-bond acceptors (Lipinski definition) is 6. The molecule has 2 atom stereocenters. The Labute approximate surface area is 200 Å². The van der Waals surface area contributed by atoms with Gasteiger partial charge >= 0.3 is 0 Å². The SMILES string of the molecule is COCC(C)NC(=O)C1=NCNC1(C(N)=O)C1CCC(C(=O)Nc2cc(F)c(F)cc2Cl)CC1. The van der Waals surface area contributed by atoms with Crippen molar-refractivity contribution in [2.45, 2.75) is 44.2 Å². The van der Waals surface area contributed by atoms with E-state index < -0.39 is 34.9 Å². The molecular weight excluding hydrogens is 472 g/mol. The smallest absolute Gasteiger partial charge is 0.268 e. The summed E-state index contributed by atoms with van der Waals surface area (Å²) in [6.45, 7) is 2.12. The summed E-state index contributed by atoms with van der Waals surface area (Å²) in [6, 6.07) is 1.33. The molecule has 12 heteroatoms. The van der Waals surface area contributed by atoms with Gasteiger partial charge in [-0.3, -0.25) is 24.7 Å². The molecule has 1 aromatic carbocycles. The highest BCUT2D eigenvalue weighted by atomic mass is 35.5. The number of halogens is 3. The lowest BCUT2D eigenvalue weighted by molar-refractivity contribution is -0.126. The molecule has 1 aliphatic heterocycles. The van der Waals surface area contributed by atoms with Crippen LogP contribution in [0.25, 0.3) is 0 Å². The average molecular weight is 500 g/mol. The molecule has 3 rings (SSSR count). The van der Waals surface area contributed by atoms with Crippen LogP contribution in [0, 0.1) is 23.5 Å². The molecule has 0 bridgehead atoms. The van der Waals surface area contributed by atoms with Crippen LogP contribution in [-0.2, 0) is 19.1 Å². The van der Waals surface area contributed by atoms with Gasteiger partial charge in [0.2, 0.25) is 11.8 Å². The minimum Gasteiger partial charge on any atom is -0.383 e. The molecule has 0 spiro atoms. The number of benzene rings is 1. The molecular formula is C22H28ClF2N5O4. The van der Waals surface area contributed by atoms with Crippen LogP contribution in [0.4, 0.5) is 14.5 Å². The number of primary amides is 1. The number of ether oxygens (including phenoxy) is 1. The molecule has 0 saturated heterocycles. The summed E-state index contributed by atoms with van der Waals surface area (Å²) >= 11 is 5.91. The van der Waals surface area contributed by atoms with Gasteiger partial charge in [0, 0.05) is 25.1 Å². The van der Waals surface area contributed by atoms with Gasteiger partial charge in [-0.1, -0.05) is 11.6 Å². The molecule has 1 saturated carbocycles. The highest BCUT2D eigenvalue weighted by Crippen LogP contribution is 2.38. The molecule has 1 aromatic rings. The van der Waals surface area contributed by atoms with Crippen LogP contribution in [-0.4, -0.2) is 55.4 Å². The number of carbonyl (C=O) groups is 3. The number of amides is 3. The normalized spacial score (nSPS) is 25.4. The summed E-state index contributed by atoms with van der Waals surface area (Å²) in [5.74, 6) is -4.63. The number of anilines is 1. The fourth-order valence-electron chi connectivity index (χ4n) is 4.67. The third kappa shape index (κ3) is 5.21.